The van der Waals surface area contributed by atoms with Crippen LogP contribution in [0.4, 0.5) is 8.78 Å². The molecule has 0 aliphatic heterocycles. The second kappa shape index (κ2) is 4.40. The summed E-state index contributed by atoms with van der Waals surface area (Å²) in [5.74, 6) is -3.18. The number of aromatic carboxylic acids is 1. The van der Waals surface area contributed by atoms with Crippen LogP contribution in [-0.4, -0.2) is 15.6 Å². The Bertz CT molecular complexity index is 778. The molecule has 1 aromatic carbocycles. The van der Waals surface area contributed by atoms with E-state index in [-0.39, 0.29) is 10.9 Å². The molecule has 1 aliphatic carbocycles. The van der Waals surface area contributed by atoms with Gasteiger partial charge in [-0.2, -0.15) is 0 Å². The lowest BCUT2D eigenvalue weighted by Gasteiger charge is -2.12. The topological polar surface area (TPSA) is 59.3 Å². The molecule has 104 valence electrons. The van der Waals surface area contributed by atoms with E-state index in [1.807, 2.05) is 0 Å². The summed E-state index contributed by atoms with van der Waals surface area (Å²) in [6.45, 7) is 0.502. The predicted octanol–water partition coefficient (Wildman–Crippen LogP) is 2.39. The van der Waals surface area contributed by atoms with Crippen LogP contribution in [0.3, 0.4) is 0 Å². The van der Waals surface area contributed by atoms with Crippen molar-refractivity contribution >= 4 is 16.9 Å². The summed E-state index contributed by atoms with van der Waals surface area (Å²) in [7, 11) is 0. The van der Waals surface area contributed by atoms with Crippen molar-refractivity contribution in [3.05, 3.63) is 45.8 Å². The fraction of sp³-hybridized carbons (Fsp3) is 0.286. The Morgan fingerprint density at radius 1 is 1.30 bits per heavy atom. The van der Waals surface area contributed by atoms with Crippen LogP contribution in [0.1, 0.15) is 23.2 Å². The molecule has 4 nitrogen and oxygen atoms in total. The number of carboxylic acids is 1. The smallest absolute Gasteiger partial charge is 0.341 e. The number of halogens is 2. The lowest BCUT2D eigenvalue weighted by Crippen LogP contribution is -2.19. The number of carboxylic acid groups (broad SMARTS) is 1. The Labute approximate surface area is 112 Å². The van der Waals surface area contributed by atoms with Gasteiger partial charge in [0.15, 0.2) is 11.6 Å². The van der Waals surface area contributed by atoms with E-state index in [0.29, 0.717) is 12.5 Å². The number of hydrogen-bond donors (Lipinski definition) is 1. The molecule has 1 fully saturated rings. The van der Waals surface area contributed by atoms with E-state index in [9.17, 15) is 18.4 Å². The molecular formula is C14H11F2NO3. The minimum absolute atomic E-state index is 0.107. The Morgan fingerprint density at radius 3 is 2.55 bits per heavy atom. The van der Waals surface area contributed by atoms with Crippen molar-refractivity contribution in [1.82, 2.24) is 4.57 Å². The molecule has 0 bridgehead atoms. The van der Waals surface area contributed by atoms with E-state index >= 15 is 0 Å². The lowest BCUT2D eigenvalue weighted by molar-refractivity contribution is 0.0694. The summed E-state index contributed by atoms with van der Waals surface area (Å²) in [6.07, 6.45) is 3.24. The van der Waals surface area contributed by atoms with Crippen LogP contribution in [0, 0.1) is 17.6 Å². The summed E-state index contributed by atoms with van der Waals surface area (Å²) in [5, 5.41) is 8.94. The fourth-order valence-electron chi connectivity index (χ4n) is 2.27. The van der Waals surface area contributed by atoms with E-state index < -0.39 is 28.6 Å². The molecule has 2 aromatic rings. The molecule has 1 aromatic heterocycles. The molecule has 1 heterocycles. The maximum atomic E-state index is 13.4. The van der Waals surface area contributed by atoms with E-state index in [2.05, 4.69) is 0 Å². The van der Waals surface area contributed by atoms with Gasteiger partial charge in [-0.25, -0.2) is 13.6 Å². The van der Waals surface area contributed by atoms with Gasteiger partial charge in [-0.3, -0.25) is 4.79 Å². The molecule has 20 heavy (non-hydrogen) atoms. The fourth-order valence-corrected chi connectivity index (χ4v) is 2.27. The Balaban J connectivity index is 2.34. The van der Waals surface area contributed by atoms with Gasteiger partial charge in [0.1, 0.15) is 5.56 Å². The van der Waals surface area contributed by atoms with E-state index in [4.69, 9.17) is 5.11 Å². The largest absolute Gasteiger partial charge is 0.477 e. The molecule has 0 saturated heterocycles. The zero-order valence-electron chi connectivity index (χ0n) is 10.4. The van der Waals surface area contributed by atoms with Gasteiger partial charge < -0.3 is 9.67 Å². The van der Waals surface area contributed by atoms with Crippen LogP contribution >= 0.6 is 0 Å². The van der Waals surface area contributed by atoms with Crippen LogP contribution in [0.15, 0.2) is 23.1 Å². The van der Waals surface area contributed by atoms with Crippen LogP contribution < -0.4 is 5.43 Å². The van der Waals surface area contributed by atoms with Gasteiger partial charge in [0, 0.05) is 24.2 Å². The quantitative estimate of drug-likeness (QED) is 0.938. The number of aromatic nitrogens is 1. The van der Waals surface area contributed by atoms with Gasteiger partial charge in [0.2, 0.25) is 5.43 Å². The van der Waals surface area contributed by atoms with Crippen LogP contribution in [0.25, 0.3) is 10.9 Å². The number of hydrogen-bond acceptors (Lipinski definition) is 2. The number of carbonyl (C=O) groups is 1. The highest BCUT2D eigenvalue weighted by Gasteiger charge is 2.24. The monoisotopic (exact) mass is 279 g/mol. The maximum absolute atomic E-state index is 13.4. The first kappa shape index (κ1) is 12.8. The normalized spacial score (nSPS) is 14.7. The van der Waals surface area contributed by atoms with Crippen molar-refractivity contribution in [1.29, 1.82) is 0 Å². The standard InChI is InChI=1S/C14H11F2NO3/c15-10-3-8-12(4-11(10)16)17(5-7-1-2-7)6-9(13(8)18)14(19)20/h3-4,6-7H,1-2,5H2,(H,19,20). The minimum Gasteiger partial charge on any atom is -0.477 e. The minimum atomic E-state index is -1.37. The molecule has 6 heteroatoms. The van der Waals surface area contributed by atoms with Gasteiger partial charge in [0.25, 0.3) is 0 Å². The first-order valence-corrected chi connectivity index (χ1v) is 6.23. The molecular weight excluding hydrogens is 268 g/mol. The molecule has 0 unspecified atom stereocenters. The van der Waals surface area contributed by atoms with Crippen LogP contribution in [0.2, 0.25) is 0 Å². The summed E-state index contributed by atoms with van der Waals surface area (Å²) in [4.78, 5) is 23.1. The molecule has 0 radical (unpaired) electrons. The predicted molar refractivity (Wildman–Crippen MR) is 67.8 cm³/mol. The van der Waals surface area contributed by atoms with Crippen molar-refractivity contribution in [3.63, 3.8) is 0 Å². The first-order chi connectivity index (χ1) is 9.47. The van der Waals surface area contributed by atoms with Gasteiger partial charge in [-0.1, -0.05) is 0 Å². The van der Waals surface area contributed by atoms with Crippen molar-refractivity contribution in [2.45, 2.75) is 19.4 Å². The van der Waals surface area contributed by atoms with E-state index in [1.165, 1.54) is 10.8 Å². The summed E-state index contributed by atoms with van der Waals surface area (Å²) < 4.78 is 28.2. The molecule has 1 N–H and O–H groups in total. The highest BCUT2D eigenvalue weighted by molar-refractivity contribution is 5.92. The second-order valence-electron chi connectivity index (χ2n) is 5.06. The summed E-state index contributed by atoms with van der Waals surface area (Å²) in [6, 6.07) is 1.71. The van der Waals surface area contributed by atoms with Gasteiger partial charge >= 0.3 is 5.97 Å². The third kappa shape index (κ3) is 2.07. The molecule has 0 spiro atoms. The second-order valence-corrected chi connectivity index (χ2v) is 5.06. The number of pyridine rings is 1. The molecule has 1 aliphatic rings. The highest BCUT2D eigenvalue weighted by atomic mass is 19.2. The van der Waals surface area contributed by atoms with Crippen molar-refractivity contribution in [2.75, 3.05) is 0 Å². The maximum Gasteiger partial charge on any atom is 0.341 e. The van der Waals surface area contributed by atoms with E-state index in [1.54, 1.807) is 0 Å². The zero-order chi connectivity index (χ0) is 14.4. The van der Waals surface area contributed by atoms with Gasteiger partial charge in [-0.05, 0) is 24.8 Å². The number of nitrogens with zero attached hydrogens (tertiary/aromatic N) is 1. The van der Waals surface area contributed by atoms with E-state index in [0.717, 1.165) is 25.0 Å². The van der Waals surface area contributed by atoms with Crippen molar-refractivity contribution in [2.24, 2.45) is 5.92 Å². The number of fused-ring (bicyclic) bond motifs is 1. The van der Waals surface area contributed by atoms with Crippen LogP contribution in [-0.2, 0) is 6.54 Å². The molecule has 3 rings (SSSR count). The van der Waals surface area contributed by atoms with Gasteiger partial charge in [-0.15, -0.1) is 0 Å². The lowest BCUT2D eigenvalue weighted by atomic mass is 10.1. The number of benzene rings is 1. The highest BCUT2D eigenvalue weighted by Crippen LogP contribution is 2.31. The summed E-state index contributed by atoms with van der Waals surface area (Å²) in [5.41, 5.74) is -0.992. The van der Waals surface area contributed by atoms with Gasteiger partial charge in [0.05, 0.1) is 5.52 Å². The molecule has 0 amide bonds. The Hall–Kier alpha value is -2.24. The molecule has 0 atom stereocenters. The Kier molecular flexibility index (Phi) is 2.81. The first-order valence-electron chi connectivity index (χ1n) is 6.23. The third-order valence-electron chi connectivity index (χ3n) is 3.50. The van der Waals surface area contributed by atoms with Crippen LogP contribution in [0.5, 0.6) is 0 Å². The summed E-state index contributed by atoms with van der Waals surface area (Å²) >= 11 is 0. The average Bonchev–Trinajstić information content (AvgIpc) is 3.19. The average molecular weight is 279 g/mol. The van der Waals surface area contributed by atoms with Crippen molar-refractivity contribution < 1.29 is 18.7 Å². The zero-order valence-corrected chi connectivity index (χ0v) is 10.4. The SMILES string of the molecule is O=C(O)c1cn(CC2CC2)c2cc(F)c(F)cc2c1=O. The molecule has 1 saturated carbocycles. The van der Waals surface area contributed by atoms with Crippen molar-refractivity contribution in [3.8, 4) is 0 Å². The third-order valence-corrected chi connectivity index (χ3v) is 3.50. The number of rotatable bonds is 3. The Morgan fingerprint density at radius 2 is 1.95 bits per heavy atom.